The van der Waals surface area contributed by atoms with Gasteiger partial charge in [0.2, 0.25) is 5.88 Å². The number of nitriles is 2. The number of unbranched alkanes of at least 4 members (excludes halogenated alkanes) is 2. The highest BCUT2D eigenvalue weighted by Crippen LogP contribution is 2.39. The molecule has 2 rings (SSSR count). The van der Waals surface area contributed by atoms with E-state index in [4.69, 9.17) is 14.5 Å². The summed E-state index contributed by atoms with van der Waals surface area (Å²) in [4.78, 5) is 9.30. The molecule has 6 heteroatoms. The normalized spacial score (nSPS) is 12.0. The number of aromatic nitrogens is 2. The van der Waals surface area contributed by atoms with E-state index in [9.17, 15) is 10.5 Å². The lowest BCUT2D eigenvalue weighted by molar-refractivity contribution is 0.257. The Hall–Kier alpha value is -3.12. The first-order chi connectivity index (χ1) is 15.2. The van der Waals surface area contributed by atoms with Crippen molar-refractivity contribution in [1.29, 1.82) is 10.5 Å². The third kappa shape index (κ3) is 6.44. The fraction of sp³-hybridized carbons (Fsp3) is 0.538. The van der Waals surface area contributed by atoms with Crippen LogP contribution in [-0.2, 0) is 5.41 Å². The molecule has 1 aromatic heterocycles. The smallest absolute Gasteiger partial charge is 0.320 e. The van der Waals surface area contributed by atoms with E-state index in [-0.39, 0.29) is 11.4 Å². The minimum absolute atomic E-state index is 0.223. The van der Waals surface area contributed by atoms with E-state index in [2.05, 4.69) is 51.7 Å². The molecule has 0 aliphatic carbocycles. The third-order valence-electron chi connectivity index (χ3n) is 5.06. The first-order valence-electron chi connectivity index (χ1n) is 11.3. The molecule has 1 heterocycles. The molecule has 2 aromatic rings. The Morgan fingerprint density at radius 2 is 1.62 bits per heavy atom. The summed E-state index contributed by atoms with van der Waals surface area (Å²) in [5.41, 5.74) is 3.17. The Kier molecular flexibility index (Phi) is 9.02. The highest BCUT2D eigenvalue weighted by Gasteiger charge is 2.32. The van der Waals surface area contributed by atoms with E-state index < -0.39 is 5.92 Å². The summed E-state index contributed by atoms with van der Waals surface area (Å²) < 4.78 is 11.9. The standard InChI is InChI=1S/C26H34N4O2/c1-7-9-11-31-24-22(26(4,5)6)23(29-25(30-24)32-12-10-8-2)21(17-28)20-14-18(3)13-19(15-20)16-27/h13-15,21H,7-12H2,1-6H3. The minimum Gasteiger partial charge on any atom is -0.477 e. The largest absolute Gasteiger partial charge is 0.477 e. The van der Waals surface area contributed by atoms with E-state index in [0.29, 0.717) is 30.4 Å². The fourth-order valence-corrected chi connectivity index (χ4v) is 3.48. The highest BCUT2D eigenvalue weighted by molar-refractivity contribution is 5.49. The van der Waals surface area contributed by atoms with Crippen molar-refractivity contribution in [2.75, 3.05) is 13.2 Å². The van der Waals surface area contributed by atoms with Crippen LogP contribution in [0.4, 0.5) is 0 Å². The first-order valence-corrected chi connectivity index (χ1v) is 11.3. The van der Waals surface area contributed by atoms with E-state index >= 15 is 0 Å². The van der Waals surface area contributed by atoms with Crippen molar-refractivity contribution in [1.82, 2.24) is 9.97 Å². The predicted molar refractivity (Wildman–Crippen MR) is 125 cm³/mol. The molecule has 32 heavy (non-hydrogen) atoms. The van der Waals surface area contributed by atoms with Crippen LogP contribution in [0.1, 0.15) is 94.2 Å². The van der Waals surface area contributed by atoms with Crippen LogP contribution in [0.15, 0.2) is 18.2 Å². The maximum absolute atomic E-state index is 10.2. The van der Waals surface area contributed by atoms with Gasteiger partial charge in [0, 0.05) is 5.56 Å². The molecule has 0 fully saturated rings. The van der Waals surface area contributed by atoms with Crippen LogP contribution in [0.3, 0.4) is 0 Å². The molecule has 0 saturated carbocycles. The summed E-state index contributed by atoms with van der Waals surface area (Å²) in [6, 6.07) is 10.3. The molecule has 170 valence electrons. The molecule has 1 unspecified atom stereocenters. The van der Waals surface area contributed by atoms with Crippen molar-refractivity contribution in [2.24, 2.45) is 0 Å². The van der Waals surface area contributed by atoms with Crippen LogP contribution in [0.25, 0.3) is 0 Å². The molecule has 1 aromatic carbocycles. The van der Waals surface area contributed by atoms with Gasteiger partial charge in [-0.25, -0.2) is 0 Å². The van der Waals surface area contributed by atoms with Gasteiger partial charge in [-0.1, -0.05) is 53.5 Å². The molecule has 6 nitrogen and oxygen atoms in total. The molecule has 0 N–H and O–H groups in total. The van der Waals surface area contributed by atoms with Gasteiger partial charge >= 0.3 is 6.01 Å². The summed E-state index contributed by atoms with van der Waals surface area (Å²) in [6.07, 6.45) is 3.79. The van der Waals surface area contributed by atoms with Crippen LogP contribution in [0.5, 0.6) is 11.9 Å². The lowest BCUT2D eigenvalue weighted by Gasteiger charge is -2.27. The number of nitrogens with zero attached hydrogens (tertiary/aromatic N) is 4. The van der Waals surface area contributed by atoms with Gasteiger partial charge in [-0.3, -0.25) is 0 Å². The second-order valence-electron chi connectivity index (χ2n) is 9.03. The SMILES string of the molecule is CCCCOc1nc(OCCCC)c(C(C)(C)C)c(C(C#N)c2cc(C)cc(C#N)c2)n1. The quantitative estimate of drug-likeness (QED) is 0.428. The maximum atomic E-state index is 10.2. The van der Waals surface area contributed by atoms with Gasteiger partial charge in [0.25, 0.3) is 0 Å². The Bertz CT molecular complexity index is 997. The molecular formula is C26H34N4O2. The molecule has 1 atom stereocenters. The van der Waals surface area contributed by atoms with Crippen LogP contribution in [0.2, 0.25) is 0 Å². The topological polar surface area (TPSA) is 91.8 Å². The van der Waals surface area contributed by atoms with Gasteiger partial charge in [0.05, 0.1) is 36.6 Å². The van der Waals surface area contributed by atoms with Crippen molar-refractivity contribution in [3.8, 4) is 24.0 Å². The number of benzene rings is 1. The average molecular weight is 435 g/mol. The van der Waals surface area contributed by atoms with Gasteiger partial charge in [0.1, 0.15) is 5.92 Å². The van der Waals surface area contributed by atoms with Gasteiger partial charge in [-0.2, -0.15) is 20.5 Å². The molecule has 0 bridgehead atoms. The summed E-state index contributed by atoms with van der Waals surface area (Å²) in [6.45, 7) is 13.3. The zero-order valence-corrected chi connectivity index (χ0v) is 20.2. The predicted octanol–water partition coefficient (Wildman–Crippen LogP) is 5.97. The fourth-order valence-electron chi connectivity index (χ4n) is 3.48. The van der Waals surface area contributed by atoms with Crippen molar-refractivity contribution in [2.45, 2.75) is 78.6 Å². The number of ether oxygens (including phenoxy) is 2. The number of hydrogen-bond acceptors (Lipinski definition) is 6. The molecule has 0 amide bonds. The number of rotatable bonds is 10. The van der Waals surface area contributed by atoms with Crippen molar-refractivity contribution >= 4 is 0 Å². The summed E-state index contributed by atoms with van der Waals surface area (Å²) in [7, 11) is 0. The number of hydrogen-bond donors (Lipinski definition) is 0. The molecule has 0 aliphatic rings. The molecule has 0 spiro atoms. The average Bonchev–Trinajstić information content (AvgIpc) is 2.73. The van der Waals surface area contributed by atoms with E-state index in [1.807, 2.05) is 13.0 Å². The van der Waals surface area contributed by atoms with Crippen molar-refractivity contribution in [3.63, 3.8) is 0 Å². The lowest BCUT2D eigenvalue weighted by atomic mass is 9.81. The van der Waals surface area contributed by atoms with Gasteiger partial charge in [0.15, 0.2) is 0 Å². The molecule has 0 aliphatic heterocycles. The number of aryl methyl sites for hydroxylation is 1. The maximum Gasteiger partial charge on any atom is 0.320 e. The molecule has 0 radical (unpaired) electrons. The summed E-state index contributed by atoms with van der Waals surface area (Å²) >= 11 is 0. The lowest BCUT2D eigenvalue weighted by Crippen LogP contribution is -2.22. The van der Waals surface area contributed by atoms with Crippen molar-refractivity contribution < 1.29 is 9.47 Å². The Labute approximate surface area is 192 Å². The summed E-state index contributed by atoms with van der Waals surface area (Å²) in [5, 5.41) is 19.6. The zero-order valence-electron chi connectivity index (χ0n) is 20.2. The Morgan fingerprint density at radius 1 is 0.969 bits per heavy atom. The van der Waals surface area contributed by atoms with Gasteiger partial charge in [-0.05, 0) is 48.4 Å². The molecule has 0 saturated heterocycles. The monoisotopic (exact) mass is 434 g/mol. The second-order valence-corrected chi connectivity index (χ2v) is 9.03. The van der Waals surface area contributed by atoms with Crippen molar-refractivity contribution in [3.05, 3.63) is 46.1 Å². The van der Waals surface area contributed by atoms with Gasteiger partial charge < -0.3 is 9.47 Å². The highest BCUT2D eigenvalue weighted by atomic mass is 16.5. The molecular weight excluding hydrogens is 400 g/mol. The van der Waals surface area contributed by atoms with Crippen LogP contribution in [-0.4, -0.2) is 23.2 Å². The minimum atomic E-state index is -0.679. The zero-order chi connectivity index (χ0) is 23.7. The van der Waals surface area contributed by atoms with E-state index in [0.717, 1.165) is 42.4 Å². The van der Waals surface area contributed by atoms with Crippen LogP contribution < -0.4 is 9.47 Å². The Morgan fingerprint density at radius 3 is 2.19 bits per heavy atom. The van der Waals surface area contributed by atoms with E-state index in [1.165, 1.54) is 0 Å². The van der Waals surface area contributed by atoms with E-state index in [1.54, 1.807) is 12.1 Å². The summed E-state index contributed by atoms with van der Waals surface area (Å²) in [5.74, 6) is -0.211. The first kappa shape index (κ1) is 25.1. The Balaban J connectivity index is 2.71. The third-order valence-corrected chi connectivity index (χ3v) is 5.06. The van der Waals surface area contributed by atoms with Gasteiger partial charge in [-0.15, -0.1) is 0 Å². The second kappa shape index (κ2) is 11.5. The van der Waals surface area contributed by atoms with Crippen LogP contribution >= 0.6 is 0 Å². The van der Waals surface area contributed by atoms with Crippen LogP contribution in [0, 0.1) is 29.6 Å².